The number of thiocarbonyl (C=S) groups is 1. The van der Waals surface area contributed by atoms with Crippen molar-refractivity contribution in [2.24, 2.45) is 0 Å². The van der Waals surface area contributed by atoms with E-state index in [1.165, 1.54) is 0 Å². The van der Waals surface area contributed by atoms with Gasteiger partial charge >= 0.3 is 0 Å². The predicted octanol–water partition coefficient (Wildman–Crippen LogP) is 2.32. The molecule has 1 aliphatic heterocycles. The van der Waals surface area contributed by atoms with Crippen molar-refractivity contribution >= 4 is 28.8 Å². The SMILES string of the molecule is CC.S=C1NCCNC1c1ccc(Cl)nc1. The summed E-state index contributed by atoms with van der Waals surface area (Å²) in [5, 5.41) is 6.97. The van der Waals surface area contributed by atoms with Gasteiger partial charge in [0.15, 0.2) is 0 Å². The summed E-state index contributed by atoms with van der Waals surface area (Å²) >= 11 is 10.9. The second-order valence-corrected chi connectivity index (χ2v) is 3.92. The van der Waals surface area contributed by atoms with E-state index in [0.29, 0.717) is 5.15 Å². The quantitative estimate of drug-likeness (QED) is 0.598. The van der Waals surface area contributed by atoms with Gasteiger partial charge in [0.1, 0.15) is 5.15 Å². The lowest BCUT2D eigenvalue weighted by Gasteiger charge is -2.26. The number of piperazine rings is 1. The van der Waals surface area contributed by atoms with Gasteiger partial charge in [0.2, 0.25) is 0 Å². The van der Waals surface area contributed by atoms with Gasteiger partial charge in [-0.2, -0.15) is 0 Å². The fraction of sp³-hybridized carbons (Fsp3) is 0.455. The minimum atomic E-state index is 0.0727. The van der Waals surface area contributed by atoms with Gasteiger partial charge in [0, 0.05) is 19.3 Å². The number of aromatic nitrogens is 1. The van der Waals surface area contributed by atoms with Crippen LogP contribution in [0.25, 0.3) is 0 Å². The van der Waals surface area contributed by atoms with Gasteiger partial charge in [-0.15, -0.1) is 0 Å². The molecule has 1 atom stereocenters. The van der Waals surface area contributed by atoms with Crippen LogP contribution < -0.4 is 10.6 Å². The molecular formula is C11H16ClN3S. The molecule has 16 heavy (non-hydrogen) atoms. The molecule has 5 heteroatoms. The van der Waals surface area contributed by atoms with E-state index < -0.39 is 0 Å². The molecule has 1 fully saturated rings. The molecule has 1 unspecified atom stereocenters. The summed E-state index contributed by atoms with van der Waals surface area (Å²) in [6.45, 7) is 5.80. The highest BCUT2D eigenvalue weighted by molar-refractivity contribution is 7.80. The van der Waals surface area contributed by atoms with E-state index in [1.54, 1.807) is 12.3 Å². The third-order valence-electron chi connectivity index (χ3n) is 2.12. The molecular weight excluding hydrogens is 242 g/mol. The molecule has 0 aromatic carbocycles. The zero-order chi connectivity index (χ0) is 12.0. The first kappa shape index (κ1) is 13.4. The Morgan fingerprint density at radius 1 is 1.38 bits per heavy atom. The Hall–Kier alpha value is -0.710. The van der Waals surface area contributed by atoms with Gasteiger partial charge in [-0.1, -0.05) is 43.7 Å². The van der Waals surface area contributed by atoms with Gasteiger partial charge in [0.25, 0.3) is 0 Å². The van der Waals surface area contributed by atoms with E-state index in [9.17, 15) is 0 Å². The van der Waals surface area contributed by atoms with Crippen LogP contribution in [0.3, 0.4) is 0 Å². The van der Waals surface area contributed by atoms with Crippen molar-refractivity contribution in [2.45, 2.75) is 19.9 Å². The summed E-state index contributed by atoms with van der Waals surface area (Å²) in [6.07, 6.45) is 1.75. The summed E-state index contributed by atoms with van der Waals surface area (Å²) in [6, 6.07) is 3.78. The van der Waals surface area contributed by atoms with Crippen molar-refractivity contribution in [1.29, 1.82) is 0 Å². The van der Waals surface area contributed by atoms with Crippen molar-refractivity contribution in [2.75, 3.05) is 13.1 Å². The first-order valence-corrected chi connectivity index (χ1v) is 6.18. The highest BCUT2D eigenvalue weighted by Crippen LogP contribution is 2.16. The Balaban J connectivity index is 0.000000606. The monoisotopic (exact) mass is 257 g/mol. The smallest absolute Gasteiger partial charge is 0.129 e. The van der Waals surface area contributed by atoms with Crippen molar-refractivity contribution in [3.05, 3.63) is 29.0 Å². The standard InChI is InChI=1S/C9H10ClN3S.C2H6/c10-7-2-1-6(5-13-7)8-9(14)12-4-3-11-8;1-2/h1-2,5,8,11H,3-4H2,(H,12,14);1-2H3. The molecule has 1 aromatic heterocycles. The molecule has 1 saturated heterocycles. The minimum absolute atomic E-state index is 0.0727. The number of nitrogens with zero attached hydrogens (tertiary/aromatic N) is 1. The summed E-state index contributed by atoms with van der Waals surface area (Å²) in [4.78, 5) is 4.85. The first-order valence-electron chi connectivity index (χ1n) is 5.40. The third kappa shape index (κ3) is 3.40. The average molecular weight is 258 g/mol. The molecule has 2 heterocycles. The van der Waals surface area contributed by atoms with Gasteiger partial charge in [-0.05, 0) is 11.6 Å². The van der Waals surface area contributed by atoms with Crippen LogP contribution in [0.5, 0.6) is 0 Å². The molecule has 0 radical (unpaired) electrons. The van der Waals surface area contributed by atoms with Crippen LogP contribution in [0, 0.1) is 0 Å². The maximum Gasteiger partial charge on any atom is 0.129 e. The van der Waals surface area contributed by atoms with Crippen LogP contribution in [-0.4, -0.2) is 23.1 Å². The normalized spacial score (nSPS) is 19.4. The second kappa shape index (κ2) is 6.78. The van der Waals surface area contributed by atoms with Gasteiger partial charge < -0.3 is 10.6 Å². The molecule has 2 rings (SSSR count). The predicted molar refractivity (Wildman–Crippen MR) is 71.9 cm³/mol. The molecule has 2 N–H and O–H groups in total. The average Bonchev–Trinajstić information content (AvgIpc) is 2.34. The number of halogens is 1. The third-order valence-corrected chi connectivity index (χ3v) is 2.72. The van der Waals surface area contributed by atoms with Crippen LogP contribution in [0.15, 0.2) is 18.3 Å². The number of nitrogens with one attached hydrogen (secondary N) is 2. The maximum absolute atomic E-state index is 5.71. The number of hydrogen-bond acceptors (Lipinski definition) is 3. The molecule has 0 amide bonds. The van der Waals surface area contributed by atoms with Gasteiger partial charge in [0.05, 0.1) is 11.0 Å². The van der Waals surface area contributed by atoms with Crippen molar-refractivity contribution in [1.82, 2.24) is 15.6 Å². The molecule has 1 aromatic rings. The van der Waals surface area contributed by atoms with E-state index in [4.69, 9.17) is 23.8 Å². The van der Waals surface area contributed by atoms with Gasteiger partial charge in [-0.3, -0.25) is 0 Å². The van der Waals surface area contributed by atoms with E-state index in [0.717, 1.165) is 23.6 Å². The van der Waals surface area contributed by atoms with E-state index in [1.807, 2.05) is 19.9 Å². The van der Waals surface area contributed by atoms with Gasteiger partial charge in [-0.25, -0.2) is 4.98 Å². The second-order valence-electron chi connectivity index (χ2n) is 3.09. The molecule has 1 aliphatic rings. The fourth-order valence-electron chi connectivity index (χ4n) is 1.42. The highest BCUT2D eigenvalue weighted by atomic mass is 35.5. The summed E-state index contributed by atoms with van der Waals surface area (Å²) in [5.41, 5.74) is 1.05. The summed E-state index contributed by atoms with van der Waals surface area (Å²) in [7, 11) is 0. The minimum Gasteiger partial charge on any atom is -0.377 e. The Morgan fingerprint density at radius 3 is 2.69 bits per heavy atom. The lowest BCUT2D eigenvalue weighted by atomic mass is 10.1. The largest absolute Gasteiger partial charge is 0.377 e. The first-order chi connectivity index (χ1) is 7.77. The maximum atomic E-state index is 5.71. The fourth-order valence-corrected chi connectivity index (χ4v) is 1.86. The topological polar surface area (TPSA) is 37.0 Å². The molecule has 88 valence electrons. The Labute approximate surface area is 107 Å². The summed E-state index contributed by atoms with van der Waals surface area (Å²) < 4.78 is 0. The molecule has 0 aliphatic carbocycles. The van der Waals surface area contributed by atoms with Crippen LogP contribution in [0.1, 0.15) is 25.5 Å². The van der Waals surface area contributed by atoms with Crippen molar-refractivity contribution < 1.29 is 0 Å². The lowest BCUT2D eigenvalue weighted by molar-refractivity contribution is 0.583. The van der Waals surface area contributed by atoms with E-state index in [2.05, 4.69) is 15.6 Å². The van der Waals surface area contributed by atoms with Crippen molar-refractivity contribution in [3.63, 3.8) is 0 Å². The van der Waals surface area contributed by atoms with Crippen LogP contribution in [-0.2, 0) is 0 Å². The lowest BCUT2D eigenvalue weighted by Crippen LogP contribution is -2.46. The highest BCUT2D eigenvalue weighted by Gasteiger charge is 2.19. The number of hydrogen-bond donors (Lipinski definition) is 2. The summed E-state index contributed by atoms with van der Waals surface area (Å²) in [5.74, 6) is 0. The Morgan fingerprint density at radius 2 is 2.12 bits per heavy atom. The Bertz CT molecular complexity index is 340. The van der Waals surface area contributed by atoms with E-state index >= 15 is 0 Å². The number of rotatable bonds is 1. The van der Waals surface area contributed by atoms with Crippen LogP contribution in [0.2, 0.25) is 5.15 Å². The Kier molecular flexibility index (Phi) is 5.66. The zero-order valence-electron chi connectivity index (χ0n) is 9.46. The molecule has 3 nitrogen and oxygen atoms in total. The van der Waals surface area contributed by atoms with Crippen molar-refractivity contribution in [3.8, 4) is 0 Å². The molecule has 0 saturated carbocycles. The molecule has 0 spiro atoms. The zero-order valence-corrected chi connectivity index (χ0v) is 11.0. The number of pyridine rings is 1. The van der Waals surface area contributed by atoms with E-state index in [-0.39, 0.29) is 6.04 Å². The van der Waals surface area contributed by atoms with Crippen LogP contribution >= 0.6 is 23.8 Å². The van der Waals surface area contributed by atoms with Crippen LogP contribution in [0.4, 0.5) is 0 Å². The molecule has 0 bridgehead atoms.